The van der Waals surface area contributed by atoms with Crippen LogP contribution in [0, 0.1) is 6.92 Å². The molecule has 0 saturated heterocycles. The lowest BCUT2D eigenvalue weighted by Crippen LogP contribution is -1.94. The van der Waals surface area contributed by atoms with E-state index in [1.807, 2.05) is 25.3 Å². The molecule has 0 aliphatic rings. The van der Waals surface area contributed by atoms with E-state index in [0.29, 0.717) is 4.34 Å². The predicted molar refractivity (Wildman–Crippen MR) is 81.3 cm³/mol. The van der Waals surface area contributed by atoms with Gasteiger partial charge in [0.1, 0.15) is 0 Å². The van der Waals surface area contributed by atoms with Crippen LogP contribution in [0.5, 0.6) is 0 Å². The van der Waals surface area contributed by atoms with E-state index >= 15 is 0 Å². The summed E-state index contributed by atoms with van der Waals surface area (Å²) in [6, 6.07) is 8.21. The van der Waals surface area contributed by atoms with Crippen molar-refractivity contribution in [2.24, 2.45) is 0 Å². The molecule has 4 heteroatoms. The number of hydrogen-bond acceptors (Lipinski definition) is 3. The highest BCUT2D eigenvalue weighted by Gasteiger charge is 2.18. The fraction of sp³-hybridized carbons (Fsp3) is 0.214. The number of ketones is 1. The number of carbonyl (C=O) groups is 1. The number of Topliss-reactive ketones (excluding diaryl/α,β-unsaturated/α-hetero) is 1. The third kappa shape index (κ3) is 2.48. The van der Waals surface area contributed by atoms with Crippen LogP contribution >= 0.6 is 34.7 Å². The lowest BCUT2D eigenvalue weighted by atomic mass is 10.0. The maximum Gasteiger partial charge on any atom is 0.161 e. The molecule has 0 saturated carbocycles. The summed E-state index contributed by atoms with van der Waals surface area (Å²) in [4.78, 5) is 13.9. The third-order valence-corrected chi connectivity index (χ3v) is 5.18. The van der Waals surface area contributed by atoms with E-state index in [1.54, 1.807) is 18.7 Å². The number of hydrogen-bond donors (Lipinski definition) is 0. The van der Waals surface area contributed by atoms with Gasteiger partial charge in [0, 0.05) is 15.3 Å². The minimum atomic E-state index is 0.0691. The van der Waals surface area contributed by atoms with E-state index < -0.39 is 0 Å². The Bertz CT molecular complexity index is 585. The molecule has 0 radical (unpaired) electrons. The van der Waals surface area contributed by atoms with Crippen LogP contribution in [0.4, 0.5) is 0 Å². The first-order valence-electron chi connectivity index (χ1n) is 5.49. The van der Waals surface area contributed by atoms with Crippen LogP contribution in [0.2, 0.25) is 4.34 Å². The molecule has 0 unspecified atom stereocenters. The SMILES string of the molecule is CSc1ccc(-c2sc(Cl)c(C)c2C(C)=O)cc1. The highest BCUT2D eigenvalue weighted by Crippen LogP contribution is 2.39. The van der Waals surface area contributed by atoms with Gasteiger partial charge in [-0.3, -0.25) is 4.79 Å². The van der Waals surface area contributed by atoms with Crippen molar-refractivity contribution < 1.29 is 4.79 Å². The van der Waals surface area contributed by atoms with Crippen LogP contribution in [0.1, 0.15) is 22.8 Å². The van der Waals surface area contributed by atoms with E-state index in [0.717, 1.165) is 21.6 Å². The van der Waals surface area contributed by atoms with Gasteiger partial charge in [-0.1, -0.05) is 23.7 Å². The van der Waals surface area contributed by atoms with Crippen LogP contribution in [0.15, 0.2) is 29.2 Å². The molecule has 0 amide bonds. The Labute approximate surface area is 120 Å². The zero-order valence-electron chi connectivity index (χ0n) is 10.4. The Kier molecular flexibility index (Phi) is 4.15. The molecule has 1 nitrogen and oxygen atoms in total. The average molecular weight is 297 g/mol. The molecule has 2 aromatic rings. The number of rotatable bonds is 3. The normalized spacial score (nSPS) is 10.7. The van der Waals surface area contributed by atoms with Crippen molar-refractivity contribution >= 4 is 40.5 Å². The number of thioether (sulfide) groups is 1. The second-order valence-corrected chi connectivity index (χ2v) is 6.49. The smallest absolute Gasteiger partial charge is 0.161 e. The summed E-state index contributed by atoms with van der Waals surface area (Å²) in [7, 11) is 0. The van der Waals surface area contributed by atoms with Crippen LogP contribution in [0.25, 0.3) is 10.4 Å². The maximum atomic E-state index is 11.7. The van der Waals surface area contributed by atoms with Gasteiger partial charge in [-0.2, -0.15) is 0 Å². The zero-order chi connectivity index (χ0) is 13.3. The fourth-order valence-corrected chi connectivity index (χ4v) is 3.68. The number of halogens is 1. The van der Waals surface area contributed by atoms with Crippen molar-refractivity contribution in [1.29, 1.82) is 0 Å². The molecular weight excluding hydrogens is 284 g/mol. The van der Waals surface area contributed by atoms with Gasteiger partial charge in [0.05, 0.1) is 4.34 Å². The lowest BCUT2D eigenvalue weighted by Gasteiger charge is -2.03. The molecule has 0 N–H and O–H groups in total. The van der Waals surface area contributed by atoms with Gasteiger partial charge in [-0.25, -0.2) is 0 Å². The van der Waals surface area contributed by atoms with E-state index in [1.165, 1.54) is 16.2 Å². The van der Waals surface area contributed by atoms with Crippen molar-refractivity contribution in [3.63, 3.8) is 0 Å². The Morgan fingerprint density at radius 3 is 2.39 bits per heavy atom. The molecule has 2 rings (SSSR count). The molecule has 18 heavy (non-hydrogen) atoms. The van der Waals surface area contributed by atoms with Crippen LogP contribution in [-0.4, -0.2) is 12.0 Å². The van der Waals surface area contributed by atoms with Gasteiger partial charge in [0.2, 0.25) is 0 Å². The molecule has 0 aliphatic carbocycles. The zero-order valence-corrected chi connectivity index (χ0v) is 12.8. The minimum Gasteiger partial charge on any atom is -0.294 e. The molecule has 0 atom stereocenters. The van der Waals surface area contributed by atoms with Crippen LogP contribution in [0.3, 0.4) is 0 Å². The Morgan fingerprint density at radius 1 is 1.28 bits per heavy atom. The second-order valence-electron chi connectivity index (χ2n) is 3.99. The van der Waals surface area contributed by atoms with Gasteiger partial charge in [0.15, 0.2) is 5.78 Å². The van der Waals surface area contributed by atoms with Gasteiger partial charge < -0.3 is 0 Å². The van der Waals surface area contributed by atoms with E-state index in [2.05, 4.69) is 12.1 Å². The number of benzene rings is 1. The van der Waals surface area contributed by atoms with Crippen molar-refractivity contribution in [3.05, 3.63) is 39.7 Å². The molecule has 0 spiro atoms. The molecule has 94 valence electrons. The molecule has 1 heterocycles. The average Bonchev–Trinajstić information content (AvgIpc) is 2.66. The summed E-state index contributed by atoms with van der Waals surface area (Å²) in [5.74, 6) is 0.0691. The second kappa shape index (κ2) is 5.47. The third-order valence-electron chi connectivity index (χ3n) is 2.79. The monoisotopic (exact) mass is 296 g/mol. The van der Waals surface area contributed by atoms with Crippen LogP contribution in [-0.2, 0) is 0 Å². The molecular formula is C14H13ClOS2. The van der Waals surface area contributed by atoms with Gasteiger partial charge >= 0.3 is 0 Å². The van der Waals surface area contributed by atoms with Gasteiger partial charge in [-0.05, 0) is 43.4 Å². The van der Waals surface area contributed by atoms with E-state index in [9.17, 15) is 4.79 Å². The topological polar surface area (TPSA) is 17.1 Å². The lowest BCUT2D eigenvalue weighted by molar-refractivity contribution is 0.101. The fourth-order valence-electron chi connectivity index (χ4n) is 1.86. The molecule has 1 aromatic carbocycles. The molecule has 1 aromatic heterocycles. The van der Waals surface area contributed by atoms with Crippen molar-refractivity contribution in [2.75, 3.05) is 6.26 Å². The standard InChI is InChI=1S/C14H13ClOS2/c1-8-12(9(2)16)13(18-14(8)15)10-4-6-11(17-3)7-5-10/h4-7H,1-3H3. The first-order valence-corrected chi connectivity index (χ1v) is 7.90. The van der Waals surface area contributed by atoms with Crippen molar-refractivity contribution in [1.82, 2.24) is 0 Å². The Balaban J connectivity index is 2.56. The maximum absolute atomic E-state index is 11.7. The summed E-state index contributed by atoms with van der Waals surface area (Å²) in [6.07, 6.45) is 2.04. The quantitative estimate of drug-likeness (QED) is 0.564. The summed E-state index contributed by atoms with van der Waals surface area (Å²) in [5, 5.41) is 0. The molecule has 0 aliphatic heterocycles. The molecule has 0 fully saturated rings. The van der Waals surface area contributed by atoms with Gasteiger partial charge in [-0.15, -0.1) is 23.1 Å². The summed E-state index contributed by atoms with van der Waals surface area (Å²) in [6.45, 7) is 3.49. The van der Waals surface area contributed by atoms with Crippen molar-refractivity contribution in [3.8, 4) is 10.4 Å². The first-order chi connectivity index (χ1) is 8.54. The highest BCUT2D eigenvalue weighted by atomic mass is 35.5. The predicted octanol–water partition coefficient (Wildman–Crippen LogP) is 5.30. The Hall–Kier alpha value is -0.770. The summed E-state index contributed by atoms with van der Waals surface area (Å²) in [5.41, 5.74) is 2.69. The van der Waals surface area contributed by atoms with Crippen LogP contribution < -0.4 is 0 Å². The largest absolute Gasteiger partial charge is 0.294 e. The van der Waals surface area contributed by atoms with Crippen molar-refractivity contribution in [2.45, 2.75) is 18.7 Å². The number of carbonyl (C=O) groups excluding carboxylic acids is 1. The first kappa shape index (κ1) is 13.7. The van der Waals surface area contributed by atoms with E-state index in [4.69, 9.17) is 11.6 Å². The minimum absolute atomic E-state index is 0.0691. The highest BCUT2D eigenvalue weighted by molar-refractivity contribution is 7.98. The Morgan fingerprint density at radius 2 is 1.89 bits per heavy atom. The van der Waals surface area contributed by atoms with Gasteiger partial charge in [0.25, 0.3) is 0 Å². The molecule has 0 bridgehead atoms. The summed E-state index contributed by atoms with van der Waals surface area (Å²) < 4.78 is 0.698. The number of thiophene rings is 1. The van der Waals surface area contributed by atoms with E-state index in [-0.39, 0.29) is 5.78 Å². The summed E-state index contributed by atoms with van der Waals surface area (Å²) >= 11 is 9.32.